The lowest BCUT2D eigenvalue weighted by Crippen LogP contribution is -2.32. The van der Waals surface area contributed by atoms with E-state index in [-0.39, 0.29) is 18.1 Å². The average Bonchev–Trinajstić information content (AvgIpc) is 3.02. The van der Waals surface area contributed by atoms with E-state index in [4.69, 9.17) is 4.74 Å². The van der Waals surface area contributed by atoms with Gasteiger partial charge < -0.3 is 20.1 Å². The molecule has 8 heteroatoms. The monoisotopic (exact) mass is 580 g/mol. The normalized spacial score (nSPS) is 11.6. The number of hydrogen-bond acceptors (Lipinski definition) is 5. The van der Waals surface area contributed by atoms with Gasteiger partial charge in [0.2, 0.25) is 0 Å². The summed E-state index contributed by atoms with van der Waals surface area (Å²) >= 11 is 0. The van der Waals surface area contributed by atoms with Gasteiger partial charge in [0.15, 0.2) is 5.78 Å². The van der Waals surface area contributed by atoms with Crippen molar-refractivity contribution in [2.75, 3.05) is 23.4 Å². The predicted molar refractivity (Wildman–Crippen MR) is 165 cm³/mol. The number of benzene rings is 4. The molecule has 0 aliphatic carbocycles. The zero-order valence-electron chi connectivity index (χ0n) is 23.8. The van der Waals surface area contributed by atoms with Crippen LogP contribution >= 0.6 is 0 Å². The number of ether oxygens (including phenoxy) is 1. The average molecular weight is 581 g/mol. The molecule has 0 saturated heterocycles. The summed E-state index contributed by atoms with van der Waals surface area (Å²) in [6, 6.07) is 27.7. The zero-order valence-corrected chi connectivity index (χ0v) is 23.8. The molecular weight excluding hydrogens is 547 g/mol. The summed E-state index contributed by atoms with van der Waals surface area (Å²) < 4.78 is 19.6. The van der Waals surface area contributed by atoms with E-state index in [1.807, 2.05) is 6.07 Å². The van der Waals surface area contributed by atoms with Crippen molar-refractivity contribution in [2.24, 2.45) is 0 Å². The molecule has 4 aromatic rings. The van der Waals surface area contributed by atoms with Gasteiger partial charge in [0, 0.05) is 35.5 Å². The molecule has 0 fully saturated rings. The van der Waals surface area contributed by atoms with Gasteiger partial charge >= 0.3 is 5.97 Å². The number of carbonyl (C=O) groups excluding carboxylic acids is 2. The van der Waals surface area contributed by atoms with E-state index in [9.17, 15) is 23.9 Å². The number of anilines is 2. The summed E-state index contributed by atoms with van der Waals surface area (Å²) in [7, 11) is 0. The van der Waals surface area contributed by atoms with Crippen molar-refractivity contribution in [1.82, 2.24) is 0 Å². The Morgan fingerprint density at radius 1 is 0.930 bits per heavy atom. The number of hydrogen-bond donors (Lipinski definition) is 2. The highest BCUT2D eigenvalue weighted by Crippen LogP contribution is 2.22. The predicted octanol–water partition coefficient (Wildman–Crippen LogP) is 6.54. The maximum atomic E-state index is 13.7. The molecule has 43 heavy (non-hydrogen) atoms. The molecule has 0 radical (unpaired) electrons. The third kappa shape index (κ3) is 8.63. The number of carboxylic acid groups (broad SMARTS) is 1. The maximum absolute atomic E-state index is 13.7. The minimum absolute atomic E-state index is 0.180. The Bertz CT molecular complexity index is 1570. The van der Waals surface area contributed by atoms with Crippen LogP contribution in [0.25, 0.3) is 0 Å². The van der Waals surface area contributed by atoms with Gasteiger partial charge in [-0.2, -0.15) is 0 Å². The largest absolute Gasteiger partial charge is 0.494 e. The van der Waals surface area contributed by atoms with Gasteiger partial charge in [-0.05, 0) is 67.4 Å². The Kier molecular flexibility index (Phi) is 10.8. The number of nitrogens with zero attached hydrogens (tertiary/aromatic N) is 1. The van der Waals surface area contributed by atoms with Crippen LogP contribution in [0.5, 0.6) is 5.75 Å². The first-order valence-corrected chi connectivity index (χ1v) is 14.0. The first kappa shape index (κ1) is 30.7. The number of para-hydroxylation sites is 1. The summed E-state index contributed by atoms with van der Waals surface area (Å²) in [6.45, 7) is 2.40. The van der Waals surface area contributed by atoms with Crippen molar-refractivity contribution in [3.8, 4) is 5.75 Å². The van der Waals surface area contributed by atoms with Crippen molar-refractivity contribution in [1.29, 1.82) is 0 Å². The first-order chi connectivity index (χ1) is 20.9. The molecule has 4 rings (SSSR count). The Labute approximate surface area is 250 Å². The van der Waals surface area contributed by atoms with E-state index in [1.165, 1.54) is 23.1 Å². The lowest BCUT2D eigenvalue weighted by Gasteiger charge is -2.21. The Morgan fingerprint density at radius 2 is 1.65 bits per heavy atom. The second kappa shape index (κ2) is 15.1. The first-order valence-electron chi connectivity index (χ1n) is 14.0. The minimum Gasteiger partial charge on any atom is -0.494 e. The number of carboxylic acids is 1. The molecule has 0 spiro atoms. The molecule has 220 valence electrons. The van der Waals surface area contributed by atoms with E-state index >= 15 is 0 Å². The topological polar surface area (TPSA) is 95.9 Å². The van der Waals surface area contributed by atoms with Gasteiger partial charge in [0.1, 0.15) is 17.6 Å². The molecule has 7 nitrogen and oxygen atoms in total. The highest BCUT2D eigenvalue weighted by molar-refractivity contribution is 6.12. The van der Waals surface area contributed by atoms with Gasteiger partial charge in [-0.15, -0.1) is 0 Å². The standard InChI is InChI=1S/C35H33FN2O5/c1-2-10-33(39)38(28-14-8-13-27(36)24-28)21-9-22-43-29-19-17-25(18-20-29)23-32(35(41)42)37-31-16-7-6-15-30(31)34(40)26-11-4-3-5-12-26/h2-8,10-20,24,32,37H,9,21-23H2,1H3,(H,41,42)/b10-2+/t32-/m0/s1. The number of rotatable bonds is 14. The van der Waals surface area contributed by atoms with Crippen LogP contribution < -0.4 is 15.0 Å². The third-order valence-corrected chi connectivity index (χ3v) is 6.69. The molecule has 0 heterocycles. The second-order valence-corrected chi connectivity index (χ2v) is 9.80. The van der Waals surface area contributed by atoms with Crippen LogP contribution in [0.2, 0.25) is 0 Å². The zero-order chi connectivity index (χ0) is 30.6. The van der Waals surface area contributed by atoms with Crippen molar-refractivity contribution in [3.63, 3.8) is 0 Å². The Morgan fingerprint density at radius 3 is 2.35 bits per heavy atom. The van der Waals surface area contributed by atoms with Crippen LogP contribution in [-0.2, 0) is 16.0 Å². The summed E-state index contributed by atoms with van der Waals surface area (Å²) in [5.74, 6) is -1.31. The van der Waals surface area contributed by atoms with Crippen molar-refractivity contribution in [2.45, 2.75) is 25.8 Å². The van der Waals surface area contributed by atoms with Crippen LogP contribution in [0.15, 0.2) is 115 Å². The number of carbonyl (C=O) groups is 3. The van der Waals surface area contributed by atoms with E-state index < -0.39 is 17.8 Å². The molecule has 0 bridgehead atoms. The van der Waals surface area contributed by atoms with Crippen LogP contribution in [0.1, 0.15) is 34.8 Å². The van der Waals surface area contributed by atoms with E-state index in [0.29, 0.717) is 47.8 Å². The van der Waals surface area contributed by atoms with Crippen LogP contribution in [0.3, 0.4) is 0 Å². The lowest BCUT2D eigenvalue weighted by atomic mass is 10.00. The molecule has 1 amide bonds. The summed E-state index contributed by atoms with van der Waals surface area (Å²) in [5, 5.41) is 13.0. The smallest absolute Gasteiger partial charge is 0.326 e. The SMILES string of the molecule is C/C=C/C(=O)N(CCCOc1ccc(C[C@H](Nc2ccccc2C(=O)c2ccccc2)C(=O)O)cc1)c1cccc(F)c1. The fraction of sp³-hybridized carbons (Fsp3) is 0.171. The van der Waals surface area contributed by atoms with E-state index in [0.717, 1.165) is 5.56 Å². The Hall–Kier alpha value is -5.24. The van der Waals surface area contributed by atoms with Crippen LogP contribution in [0.4, 0.5) is 15.8 Å². The maximum Gasteiger partial charge on any atom is 0.326 e. The summed E-state index contributed by atoms with van der Waals surface area (Å²) in [5.41, 5.74) is 2.61. The fourth-order valence-corrected chi connectivity index (χ4v) is 4.55. The molecule has 0 aliphatic rings. The molecule has 0 aliphatic heterocycles. The van der Waals surface area contributed by atoms with Gasteiger partial charge in [0.25, 0.3) is 5.91 Å². The van der Waals surface area contributed by atoms with Gasteiger partial charge in [-0.3, -0.25) is 9.59 Å². The van der Waals surface area contributed by atoms with E-state index in [2.05, 4.69) is 5.32 Å². The van der Waals surface area contributed by atoms with Gasteiger partial charge in [0.05, 0.1) is 6.61 Å². The number of ketones is 1. The lowest BCUT2D eigenvalue weighted by molar-refractivity contribution is -0.137. The third-order valence-electron chi connectivity index (χ3n) is 6.69. The quantitative estimate of drug-likeness (QED) is 0.0999. The number of amides is 1. The number of halogens is 1. The highest BCUT2D eigenvalue weighted by atomic mass is 19.1. The molecule has 0 unspecified atom stereocenters. The summed E-state index contributed by atoms with van der Waals surface area (Å²) in [6.07, 6.45) is 3.76. The Balaban J connectivity index is 1.35. The molecule has 4 aromatic carbocycles. The fourth-order valence-electron chi connectivity index (χ4n) is 4.55. The number of aliphatic carboxylic acids is 1. The van der Waals surface area contributed by atoms with Crippen molar-refractivity contribution in [3.05, 3.63) is 138 Å². The van der Waals surface area contributed by atoms with E-state index in [1.54, 1.807) is 97.9 Å². The number of allylic oxidation sites excluding steroid dienone is 1. The van der Waals surface area contributed by atoms with Gasteiger partial charge in [-0.1, -0.05) is 66.7 Å². The highest BCUT2D eigenvalue weighted by Gasteiger charge is 2.21. The summed E-state index contributed by atoms with van der Waals surface area (Å²) in [4.78, 5) is 39.2. The minimum atomic E-state index is -1.04. The molecule has 0 saturated carbocycles. The number of nitrogens with one attached hydrogen (secondary N) is 1. The molecule has 1 atom stereocenters. The molecular formula is C35H33FN2O5. The van der Waals surface area contributed by atoms with Gasteiger partial charge in [-0.25, -0.2) is 9.18 Å². The van der Waals surface area contributed by atoms with Crippen molar-refractivity contribution < 1.29 is 28.6 Å². The molecule has 2 N–H and O–H groups in total. The molecule has 0 aromatic heterocycles. The van der Waals surface area contributed by atoms with Crippen LogP contribution in [-0.4, -0.2) is 42.0 Å². The second-order valence-electron chi connectivity index (χ2n) is 9.80. The van der Waals surface area contributed by atoms with Crippen molar-refractivity contribution >= 4 is 29.0 Å². The van der Waals surface area contributed by atoms with Crippen LogP contribution in [0, 0.1) is 5.82 Å².